The van der Waals surface area contributed by atoms with Crippen LogP contribution in [0.15, 0.2) is 53.0 Å². The molecule has 0 aliphatic heterocycles. The number of benzene rings is 2. The van der Waals surface area contributed by atoms with Gasteiger partial charge in [0.2, 0.25) is 0 Å². The fourth-order valence-electron chi connectivity index (χ4n) is 2.09. The summed E-state index contributed by atoms with van der Waals surface area (Å²) in [5.74, 6) is 1.66. The highest BCUT2D eigenvalue weighted by atomic mass is 79.9. The van der Waals surface area contributed by atoms with Crippen molar-refractivity contribution in [1.29, 1.82) is 0 Å². The van der Waals surface area contributed by atoms with E-state index in [9.17, 15) is 0 Å². The molecule has 3 aromatic rings. The maximum absolute atomic E-state index is 6.10. The molecule has 0 spiro atoms. The summed E-state index contributed by atoms with van der Waals surface area (Å²) >= 11 is 15.6. The van der Waals surface area contributed by atoms with Crippen LogP contribution in [0.2, 0.25) is 5.02 Å². The van der Waals surface area contributed by atoms with Gasteiger partial charge in [0.25, 0.3) is 0 Å². The average molecular weight is 383 g/mol. The summed E-state index contributed by atoms with van der Waals surface area (Å²) in [6.07, 6.45) is 0. The summed E-state index contributed by atoms with van der Waals surface area (Å²) in [7, 11) is 0. The highest BCUT2D eigenvalue weighted by molar-refractivity contribution is 9.10. The SMILES string of the molecule is ClCc1nnc(-c2cc(Cl)ccc2Br)n1-c1ccccc1. The minimum Gasteiger partial charge on any atom is -0.278 e. The number of rotatable bonds is 3. The van der Waals surface area contributed by atoms with Gasteiger partial charge in [0, 0.05) is 20.7 Å². The molecule has 0 aliphatic carbocycles. The van der Waals surface area contributed by atoms with E-state index in [2.05, 4.69) is 26.1 Å². The third-order valence-corrected chi connectivity index (χ3v) is 4.20. The van der Waals surface area contributed by atoms with E-state index in [0.717, 1.165) is 15.7 Å². The summed E-state index contributed by atoms with van der Waals surface area (Å²) in [5, 5.41) is 9.09. The van der Waals surface area contributed by atoms with Crippen LogP contribution in [0.25, 0.3) is 17.1 Å². The Morgan fingerprint density at radius 3 is 2.52 bits per heavy atom. The van der Waals surface area contributed by atoms with Crippen molar-refractivity contribution in [3.05, 3.63) is 63.9 Å². The number of aromatic nitrogens is 3. The van der Waals surface area contributed by atoms with Gasteiger partial charge in [-0.1, -0.05) is 45.7 Å². The van der Waals surface area contributed by atoms with Crippen LogP contribution in [-0.2, 0) is 5.88 Å². The highest BCUT2D eigenvalue weighted by Crippen LogP contribution is 2.32. The van der Waals surface area contributed by atoms with Gasteiger partial charge in [-0.3, -0.25) is 4.57 Å². The molecule has 0 saturated heterocycles. The van der Waals surface area contributed by atoms with E-state index in [-0.39, 0.29) is 5.88 Å². The molecule has 0 unspecified atom stereocenters. The molecule has 1 aromatic heterocycles. The van der Waals surface area contributed by atoms with Crippen molar-refractivity contribution >= 4 is 39.1 Å². The van der Waals surface area contributed by atoms with Gasteiger partial charge in [0.15, 0.2) is 11.6 Å². The standard InChI is InChI=1S/C15H10BrCl2N3/c16-13-7-6-10(18)8-12(13)15-20-19-14(9-17)21(15)11-4-2-1-3-5-11/h1-8H,9H2. The van der Waals surface area contributed by atoms with Gasteiger partial charge in [-0.05, 0) is 30.3 Å². The summed E-state index contributed by atoms with van der Waals surface area (Å²) in [6.45, 7) is 0. The van der Waals surface area contributed by atoms with Crippen LogP contribution < -0.4 is 0 Å². The van der Waals surface area contributed by atoms with Crippen molar-refractivity contribution in [3.63, 3.8) is 0 Å². The lowest BCUT2D eigenvalue weighted by molar-refractivity contribution is 0.953. The largest absolute Gasteiger partial charge is 0.278 e. The first kappa shape index (κ1) is 14.6. The molecule has 106 valence electrons. The normalized spacial score (nSPS) is 10.8. The van der Waals surface area contributed by atoms with Crippen molar-refractivity contribution in [3.8, 4) is 17.1 Å². The zero-order valence-electron chi connectivity index (χ0n) is 10.8. The summed E-state index contributed by atoms with van der Waals surface area (Å²) < 4.78 is 2.83. The quantitative estimate of drug-likeness (QED) is 0.590. The Hall–Kier alpha value is -1.36. The van der Waals surface area contributed by atoms with Crippen molar-refractivity contribution in [2.24, 2.45) is 0 Å². The smallest absolute Gasteiger partial charge is 0.169 e. The molecule has 6 heteroatoms. The van der Waals surface area contributed by atoms with E-state index in [1.807, 2.05) is 53.1 Å². The lowest BCUT2D eigenvalue weighted by Crippen LogP contribution is -2.01. The molecular weight excluding hydrogens is 373 g/mol. The number of alkyl halides is 1. The van der Waals surface area contributed by atoms with Crippen molar-refractivity contribution in [2.75, 3.05) is 0 Å². The molecule has 0 fully saturated rings. The molecule has 3 nitrogen and oxygen atoms in total. The van der Waals surface area contributed by atoms with E-state index >= 15 is 0 Å². The molecule has 0 radical (unpaired) electrons. The van der Waals surface area contributed by atoms with Gasteiger partial charge >= 0.3 is 0 Å². The third kappa shape index (κ3) is 2.84. The van der Waals surface area contributed by atoms with E-state index in [1.54, 1.807) is 0 Å². The second-order valence-corrected chi connectivity index (χ2v) is 5.93. The number of hydrogen-bond acceptors (Lipinski definition) is 2. The molecule has 0 atom stereocenters. The lowest BCUT2D eigenvalue weighted by atomic mass is 10.2. The van der Waals surface area contributed by atoms with Crippen LogP contribution in [0.3, 0.4) is 0 Å². The van der Waals surface area contributed by atoms with Crippen LogP contribution in [0.5, 0.6) is 0 Å². The minimum absolute atomic E-state index is 0.278. The fourth-order valence-corrected chi connectivity index (χ4v) is 2.86. The van der Waals surface area contributed by atoms with Crippen LogP contribution in [0, 0.1) is 0 Å². The first-order chi connectivity index (χ1) is 10.2. The molecule has 0 bridgehead atoms. The Morgan fingerprint density at radius 2 is 1.81 bits per heavy atom. The predicted octanol–water partition coefficient (Wildman–Crippen LogP) is 5.09. The molecule has 0 saturated carbocycles. The molecule has 0 amide bonds. The second kappa shape index (κ2) is 6.18. The van der Waals surface area contributed by atoms with Crippen molar-refractivity contribution in [1.82, 2.24) is 14.8 Å². The third-order valence-electron chi connectivity index (χ3n) is 3.03. The van der Waals surface area contributed by atoms with Gasteiger partial charge < -0.3 is 0 Å². The highest BCUT2D eigenvalue weighted by Gasteiger charge is 2.17. The lowest BCUT2D eigenvalue weighted by Gasteiger charge is -2.10. The number of halogens is 3. The molecule has 0 N–H and O–H groups in total. The Morgan fingerprint density at radius 1 is 1.05 bits per heavy atom. The molecule has 1 heterocycles. The van der Waals surface area contributed by atoms with Crippen LogP contribution in [-0.4, -0.2) is 14.8 Å². The number of hydrogen-bond donors (Lipinski definition) is 0. The molecule has 0 aliphatic rings. The predicted molar refractivity (Wildman–Crippen MR) is 89.1 cm³/mol. The molecule has 3 rings (SSSR count). The molecule has 2 aromatic carbocycles. The van der Waals surface area contributed by atoms with Crippen LogP contribution in [0.4, 0.5) is 0 Å². The van der Waals surface area contributed by atoms with Crippen molar-refractivity contribution in [2.45, 2.75) is 5.88 Å². The zero-order chi connectivity index (χ0) is 14.8. The maximum atomic E-state index is 6.10. The second-order valence-electron chi connectivity index (χ2n) is 4.37. The van der Waals surface area contributed by atoms with E-state index in [1.165, 1.54) is 0 Å². The van der Waals surface area contributed by atoms with Gasteiger partial charge in [0.05, 0.1) is 5.88 Å². The molecular formula is C15H10BrCl2N3. The Labute approximate surface area is 140 Å². The molecule has 21 heavy (non-hydrogen) atoms. The minimum atomic E-state index is 0.278. The van der Waals surface area contributed by atoms with E-state index in [4.69, 9.17) is 23.2 Å². The summed E-state index contributed by atoms with van der Waals surface area (Å²) in [6, 6.07) is 15.4. The maximum Gasteiger partial charge on any atom is 0.169 e. The zero-order valence-corrected chi connectivity index (χ0v) is 13.9. The number of nitrogens with zero attached hydrogens (tertiary/aromatic N) is 3. The van der Waals surface area contributed by atoms with Crippen LogP contribution >= 0.6 is 39.1 Å². The fraction of sp³-hybridized carbons (Fsp3) is 0.0667. The van der Waals surface area contributed by atoms with Crippen LogP contribution in [0.1, 0.15) is 5.82 Å². The van der Waals surface area contributed by atoms with Gasteiger partial charge in [-0.2, -0.15) is 0 Å². The first-order valence-corrected chi connectivity index (χ1v) is 7.92. The summed E-state index contributed by atoms with van der Waals surface area (Å²) in [5.41, 5.74) is 1.83. The first-order valence-electron chi connectivity index (χ1n) is 6.22. The Bertz CT molecular complexity index is 772. The topological polar surface area (TPSA) is 30.7 Å². The van der Waals surface area contributed by atoms with E-state index in [0.29, 0.717) is 16.7 Å². The Kier molecular flexibility index (Phi) is 4.29. The van der Waals surface area contributed by atoms with Crippen molar-refractivity contribution < 1.29 is 0 Å². The van der Waals surface area contributed by atoms with E-state index < -0.39 is 0 Å². The van der Waals surface area contributed by atoms with Gasteiger partial charge in [0.1, 0.15) is 0 Å². The average Bonchev–Trinajstić information content (AvgIpc) is 2.94. The Balaban J connectivity index is 2.25. The monoisotopic (exact) mass is 381 g/mol. The van der Waals surface area contributed by atoms with Gasteiger partial charge in [-0.15, -0.1) is 21.8 Å². The summed E-state index contributed by atoms with van der Waals surface area (Å²) in [4.78, 5) is 0. The van der Waals surface area contributed by atoms with Gasteiger partial charge in [-0.25, -0.2) is 0 Å². The number of para-hydroxylation sites is 1.